The maximum atomic E-state index is 11.6. The molecule has 0 aliphatic carbocycles. The maximum absolute atomic E-state index is 11.6. The van der Waals surface area contributed by atoms with E-state index in [1.54, 1.807) is 7.11 Å². The van der Waals surface area contributed by atoms with Gasteiger partial charge in [0.25, 0.3) is 5.91 Å². The first-order valence-electron chi connectivity index (χ1n) is 6.38. The molecule has 1 aromatic carbocycles. The second kappa shape index (κ2) is 8.50. The molecule has 0 aliphatic rings. The maximum Gasteiger partial charge on any atom is 0.257 e. The van der Waals surface area contributed by atoms with E-state index in [1.807, 2.05) is 31.2 Å². The number of carbonyl (C=O) groups is 1. The lowest BCUT2D eigenvalue weighted by Crippen LogP contribution is -2.30. The number of rotatable bonds is 8. The molecule has 19 heavy (non-hydrogen) atoms. The minimum absolute atomic E-state index is 0.00326. The molecule has 0 saturated heterocycles. The van der Waals surface area contributed by atoms with E-state index in [4.69, 9.17) is 15.2 Å². The van der Waals surface area contributed by atoms with Gasteiger partial charge in [-0.05, 0) is 19.4 Å². The molecule has 5 heteroatoms. The van der Waals surface area contributed by atoms with Crippen LogP contribution in [0.3, 0.4) is 0 Å². The van der Waals surface area contributed by atoms with Crippen molar-refractivity contribution in [3.63, 3.8) is 0 Å². The Morgan fingerprint density at radius 1 is 1.42 bits per heavy atom. The molecule has 0 aromatic heterocycles. The van der Waals surface area contributed by atoms with Crippen molar-refractivity contribution < 1.29 is 14.3 Å². The number of methoxy groups -OCH3 is 1. The fraction of sp³-hybridized carbons (Fsp3) is 0.500. The second-order valence-corrected chi connectivity index (χ2v) is 4.31. The number of ether oxygens (including phenoxy) is 2. The van der Waals surface area contributed by atoms with Gasteiger partial charge in [0.1, 0.15) is 5.75 Å². The molecule has 1 aromatic rings. The van der Waals surface area contributed by atoms with E-state index < -0.39 is 0 Å². The number of amides is 1. The van der Waals surface area contributed by atoms with Crippen LogP contribution >= 0.6 is 0 Å². The Morgan fingerprint density at radius 2 is 2.16 bits per heavy atom. The number of para-hydroxylation sites is 1. The first-order valence-corrected chi connectivity index (χ1v) is 6.38. The summed E-state index contributed by atoms with van der Waals surface area (Å²) in [7, 11) is 1.63. The minimum atomic E-state index is -0.143. The molecule has 5 nitrogen and oxygen atoms in total. The van der Waals surface area contributed by atoms with E-state index in [0.29, 0.717) is 18.9 Å². The highest BCUT2D eigenvalue weighted by molar-refractivity contribution is 5.77. The summed E-state index contributed by atoms with van der Waals surface area (Å²) in [6, 6.07) is 7.35. The largest absolute Gasteiger partial charge is 0.483 e. The summed E-state index contributed by atoms with van der Waals surface area (Å²) in [5, 5.41) is 2.76. The first-order chi connectivity index (χ1) is 9.15. The van der Waals surface area contributed by atoms with Crippen LogP contribution in [0.15, 0.2) is 24.3 Å². The Kier molecular flexibility index (Phi) is 6.92. The summed E-state index contributed by atoms with van der Waals surface area (Å²) in [6.07, 6.45) is 0.790. The third kappa shape index (κ3) is 5.72. The van der Waals surface area contributed by atoms with Crippen molar-refractivity contribution in [2.45, 2.75) is 19.4 Å². The minimum Gasteiger partial charge on any atom is -0.483 e. The normalized spacial score (nSPS) is 11.9. The molecule has 0 spiro atoms. The number of nitrogens with one attached hydrogen (secondary N) is 1. The van der Waals surface area contributed by atoms with Crippen molar-refractivity contribution in [1.29, 1.82) is 0 Å². The monoisotopic (exact) mass is 266 g/mol. The van der Waals surface area contributed by atoms with Gasteiger partial charge in [0, 0.05) is 31.9 Å². The Labute approximate surface area is 114 Å². The summed E-state index contributed by atoms with van der Waals surface area (Å²) in [6.45, 7) is 3.10. The summed E-state index contributed by atoms with van der Waals surface area (Å²) in [4.78, 5) is 11.6. The summed E-state index contributed by atoms with van der Waals surface area (Å²) in [5.74, 6) is 0.514. The summed E-state index contributed by atoms with van der Waals surface area (Å²) < 4.78 is 10.4. The van der Waals surface area contributed by atoms with Crippen molar-refractivity contribution in [2.75, 3.05) is 26.9 Å². The highest BCUT2D eigenvalue weighted by atomic mass is 16.5. The average Bonchev–Trinajstić information content (AvgIpc) is 2.41. The molecule has 0 saturated carbocycles. The zero-order valence-electron chi connectivity index (χ0n) is 11.5. The van der Waals surface area contributed by atoms with Gasteiger partial charge in [-0.15, -0.1) is 0 Å². The smallest absolute Gasteiger partial charge is 0.257 e. The molecule has 1 atom stereocenters. The lowest BCUT2D eigenvalue weighted by atomic mass is 10.1. The molecule has 0 bridgehead atoms. The summed E-state index contributed by atoms with van der Waals surface area (Å²) >= 11 is 0. The highest BCUT2D eigenvalue weighted by Gasteiger charge is 2.08. The molecule has 0 fully saturated rings. The molecule has 0 unspecified atom stereocenters. The fourth-order valence-electron chi connectivity index (χ4n) is 1.63. The van der Waals surface area contributed by atoms with Gasteiger partial charge in [0.05, 0.1) is 0 Å². The van der Waals surface area contributed by atoms with Gasteiger partial charge in [-0.1, -0.05) is 18.2 Å². The van der Waals surface area contributed by atoms with Gasteiger partial charge in [0.15, 0.2) is 6.61 Å². The fourth-order valence-corrected chi connectivity index (χ4v) is 1.63. The lowest BCUT2D eigenvalue weighted by molar-refractivity contribution is -0.123. The molecular formula is C14H22N2O3. The SMILES string of the molecule is COCCCNC(=O)COc1ccccc1[C@@H](C)N. The van der Waals surface area contributed by atoms with Crippen LogP contribution in [0.2, 0.25) is 0 Å². The Bertz CT molecular complexity index is 394. The molecule has 106 valence electrons. The van der Waals surface area contributed by atoms with Crippen LogP contribution in [0.1, 0.15) is 24.9 Å². The number of hydrogen-bond donors (Lipinski definition) is 2. The Morgan fingerprint density at radius 3 is 2.84 bits per heavy atom. The van der Waals surface area contributed by atoms with Gasteiger partial charge in [-0.3, -0.25) is 4.79 Å². The Balaban J connectivity index is 2.38. The molecule has 1 amide bonds. The van der Waals surface area contributed by atoms with E-state index in [-0.39, 0.29) is 18.6 Å². The predicted octanol–water partition coefficient (Wildman–Crippen LogP) is 1.24. The van der Waals surface area contributed by atoms with Gasteiger partial charge >= 0.3 is 0 Å². The molecule has 0 radical (unpaired) electrons. The van der Waals surface area contributed by atoms with Crippen molar-refractivity contribution >= 4 is 5.91 Å². The summed E-state index contributed by atoms with van der Waals surface area (Å²) in [5.41, 5.74) is 6.74. The first kappa shape index (κ1) is 15.5. The quantitative estimate of drug-likeness (QED) is 0.694. The van der Waals surface area contributed by atoms with Crippen molar-refractivity contribution in [2.24, 2.45) is 5.73 Å². The molecule has 0 heterocycles. The average molecular weight is 266 g/mol. The van der Waals surface area contributed by atoms with Crippen LogP contribution in [-0.4, -0.2) is 32.8 Å². The van der Waals surface area contributed by atoms with Gasteiger partial charge < -0.3 is 20.5 Å². The molecule has 1 rings (SSSR count). The van der Waals surface area contributed by atoms with Crippen molar-refractivity contribution in [3.8, 4) is 5.75 Å². The number of benzene rings is 1. The zero-order valence-corrected chi connectivity index (χ0v) is 11.5. The van der Waals surface area contributed by atoms with Crippen molar-refractivity contribution in [3.05, 3.63) is 29.8 Å². The van der Waals surface area contributed by atoms with Crippen LogP contribution in [0.4, 0.5) is 0 Å². The van der Waals surface area contributed by atoms with Gasteiger partial charge in [0.2, 0.25) is 0 Å². The lowest BCUT2D eigenvalue weighted by Gasteiger charge is -2.13. The molecule has 3 N–H and O–H groups in total. The van der Waals surface area contributed by atoms with E-state index in [1.165, 1.54) is 0 Å². The van der Waals surface area contributed by atoms with Crippen LogP contribution in [-0.2, 0) is 9.53 Å². The van der Waals surface area contributed by atoms with Gasteiger partial charge in [-0.25, -0.2) is 0 Å². The number of nitrogens with two attached hydrogens (primary N) is 1. The number of carbonyl (C=O) groups excluding carboxylic acids is 1. The van der Waals surface area contributed by atoms with E-state index >= 15 is 0 Å². The van der Waals surface area contributed by atoms with Gasteiger partial charge in [-0.2, -0.15) is 0 Å². The van der Waals surface area contributed by atoms with Crippen LogP contribution in [0, 0.1) is 0 Å². The van der Waals surface area contributed by atoms with Crippen LogP contribution in [0.25, 0.3) is 0 Å². The van der Waals surface area contributed by atoms with Crippen molar-refractivity contribution in [1.82, 2.24) is 5.32 Å². The standard InChI is InChI=1S/C14H22N2O3/c1-11(15)12-6-3-4-7-13(12)19-10-14(17)16-8-5-9-18-2/h3-4,6-7,11H,5,8-10,15H2,1-2H3,(H,16,17)/t11-/m1/s1. The Hall–Kier alpha value is -1.59. The highest BCUT2D eigenvalue weighted by Crippen LogP contribution is 2.22. The molecule has 0 aliphatic heterocycles. The third-order valence-corrected chi connectivity index (χ3v) is 2.62. The predicted molar refractivity (Wildman–Crippen MR) is 74.0 cm³/mol. The number of hydrogen-bond acceptors (Lipinski definition) is 4. The topological polar surface area (TPSA) is 73.6 Å². The van der Waals surface area contributed by atoms with Crippen LogP contribution < -0.4 is 15.8 Å². The van der Waals surface area contributed by atoms with E-state index in [2.05, 4.69) is 5.32 Å². The molecular weight excluding hydrogens is 244 g/mol. The van der Waals surface area contributed by atoms with E-state index in [0.717, 1.165) is 12.0 Å². The van der Waals surface area contributed by atoms with E-state index in [9.17, 15) is 4.79 Å². The third-order valence-electron chi connectivity index (χ3n) is 2.62. The zero-order chi connectivity index (χ0) is 14.1. The van der Waals surface area contributed by atoms with Crippen LogP contribution in [0.5, 0.6) is 5.75 Å². The second-order valence-electron chi connectivity index (χ2n) is 4.31.